The smallest absolute Gasteiger partial charge is 0.130 e. The second kappa shape index (κ2) is 5.90. The summed E-state index contributed by atoms with van der Waals surface area (Å²) in [5, 5.41) is 0.589. The topological polar surface area (TPSA) is 0 Å². The van der Waals surface area contributed by atoms with Gasteiger partial charge in [0.05, 0.1) is 4.83 Å². The van der Waals surface area contributed by atoms with E-state index in [0.717, 1.165) is 16.1 Å². The predicted molar refractivity (Wildman–Crippen MR) is 81.0 cm³/mol. The van der Waals surface area contributed by atoms with E-state index in [1.54, 1.807) is 25.1 Å². The average molecular weight is 410 g/mol. The van der Waals surface area contributed by atoms with Crippen molar-refractivity contribution >= 4 is 43.5 Å². The molecular formula is C14H9Br2ClF2. The summed E-state index contributed by atoms with van der Waals surface area (Å²) in [5.74, 6) is -1.12. The normalized spacial score (nSPS) is 12.5. The third-order valence-electron chi connectivity index (χ3n) is 2.79. The zero-order valence-electron chi connectivity index (χ0n) is 9.85. The number of benzene rings is 2. The van der Waals surface area contributed by atoms with Crippen LogP contribution in [0.2, 0.25) is 5.02 Å². The first-order valence-electron chi connectivity index (χ1n) is 5.44. The summed E-state index contributed by atoms with van der Waals surface area (Å²) in [6.45, 7) is 1.61. The van der Waals surface area contributed by atoms with Crippen molar-refractivity contribution in [1.82, 2.24) is 0 Å². The highest BCUT2D eigenvalue weighted by Gasteiger charge is 2.19. The van der Waals surface area contributed by atoms with Crippen LogP contribution < -0.4 is 0 Å². The molecule has 0 spiro atoms. The minimum Gasteiger partial charge on any atom is -0.207 e. The molecule has 5 heteroatoms. The van der Waals surface area contributed by atoms with Crippen LogP contribution in [-0.4, -0.2) is 0 Å². The van der Waals surface area contributed by atoms with Gasteiger partial charge in [0.25, 0.3) is 0 Å². The second-order valence-corrected chi connectivity index (χ2v) is 6.36. The summed E-state index contributed by atoms with van der Waals surface area (Å²) in [5.41, 5.74) is 1.63. The van der Waals surface area contributed by atoms with E-state index in [9.17, 15) is 8.78 Å². The maximum atomic E-state index is 13.9. The third-order valence-corrected chi connectivity index (χ3v) is 4.69. The molecule has 2 rings (SSSR count). The highest BCUT2D eigenvalue weighted by atomic mass is 79.9. The Bertz CT molecular complexity index is 629. The minimum absolute atomic E-state index is 0.376. The lowest BCUT2D eigenvalue weighted by Crippen LogP contribution is -2.00. The molecule has 0 saturated carbocycles. The Hall–Kier alpha value is -0.450. The average Bonchev–Trinajstić information content (AvgIpc) is 2.33. The molecule has 0 aliphatic rings. The maximum absolute atomic E-state index is 13.9. The molecule has 0 amide bonds. The van der Waals surface area contributed by atoms with Crippen molar-refractivity contribution < 1.29 is 8.78 Å². The van der Waals surface area contributed by atoms with Gasteiger partial charge in [0, 0.05) is 21.1 Å². The zero-order valence-corrected chi connectivity index (χ0v) is 13.8. The van der Waals surface area contributed by atoms with Gasteiger partial charge in [0.1, 0.15) is 11.6 Å². The van der Waals surface area contributed by atoms with E-state index in [1.165, 1.54) is 6.07 Å². The first-order valence-corrected chi connectivity index (χ1v) is 7.53. The van der Waals surface area contributed by atoms with Gasteiger partial charge in [-0.3, -0.25) is 0 Å². The molecule has 0 bridgehead atoms. The van der Waals surface area contributed by atoms with Crippen LogP contribution in [0.25, 0.3) is 0 Å². The second-order valence-electron chi connectivity index (χ2n) is 4.15. The fraction of sp³-hybridized carbons (Fsp3) is 0.143. The highest BCUT2D eigenvalue weighted by Crippen LogP contribution is 2.38. The molecule has 0 N–H and O–H groups in total. The quantitative estimate of drug-likeness (QED) is 0.519. The largest absolute Gasteiger partial charge is 0.207 e. The van der Waals surface area contributed by atoms with Crippen LogP contribution in [0.4, 0.5) is 8.78 Å². The molecule has 2 aromatic carbocycles. The van der Waals surface area contributed by atoms with Crippen molar-refractivity contribution in [3.05, 3.63) is 68.2 Å². The number of rotatable bonds is 2. The molecule has 1 unspecified atom stereocenters. The van der Waals surface area contributed by atoms with Crippen LogP contribution in [0, 0.1) is 18.6 Å². The Morgan fingerprint density at radius 3 is 2.37 bits per heavy atom. The summed E-state index contributed by atoms with van der Waals surface area (Å²) in [4.78, 5) is -0.376. The Labute approximate surface area is 132 Å². The molecule has 2 aromatic rings. The molecule has 100 valence electrons. The van der Waals surface area contributed by atoms with Crippen molar-refractivity contribution in [2.24, 2.45) is 0 Å². The lowest BCUT2D eigenvalue weighted by molar-refractivity contribution is 0.569. The van der Waals surface area contributed by atoms with Crippen LogP contribution >= 0.6 is 43.5 Å². The monoisotopic (exact) mass is 408 g/mol. The van der Waals surface area contributed by atoms with Crippen LogP contribution in [0.3, 0.4) is 0 Å². The molecule has 0 fully saturated rings. The van der Waals surface area contributed by atoms with Gasteiger partial charge in [-0.2, -0.15) is 0 Å². The van der Waals surface area contributed by atoms with Gasteiger partial charge in [-0.15, -0.1) is 0 Å². The maximum Gasteiger partial charge on any atom is 0.130 e. The Morgan fingerprint density at radius 1 is 1.05 bits per heavy atom. The number of hydrogen-bond acceptors (Lipinski definition) is 0. The third kappa shape index (κ3) is 3.18. The highest BCUT2D eigenvalue weighted by molar-refractivity contribution is 9.11. The van der Waals surface area contributed by atoms with Crippen LogP contribution in [0.5, 0.6) is 0 Å². The van der Waals surface area contributed by atoms with Crippen LogP contribution in [-0.2, 0) is 0 Å². The zero-order chi connectivity index (χ0) is 14.2. The number of hydrogen-bond donors (Lipinski definition) is 0. The standard InChI is InChI=1S/C14H9Br2ClF2/c1-7-4-10(13(19)6-12(7)18)14(16)9-3-2-8(17)5-11(9)15/h2-6,14H,1H3. The molecule has 19 heavy (non-hydrogen) atoms. The minimum atomic E-state index is -0.577. The van der Waals surface area contributed by atoms with Gasteiger partial charge in [-0.1, -0.05) is 49.5 Å². The van der Waals surface area contributed by atoms with Crippen molar-refractivity contribution in [1.29, 1.82) is 0 Å². The van der Waals surface area contributed by atoms with Crippen molar-refractivity contribution in [3.63, 3.8) is 0 Å². The van der Waals surface area contributed by atoms with E-state index in [1.807, 2.05) is 0 Å². The molecule has 0 saturated heterocycles. The fourth-order valence-corrected chi connectivity index (χ4v) is 3.72. The van der Waals surface area contributed by atoms with E-state index >= 15 is 0 Å². The van der Waals surface area contributed by atoms with Crippen molar-refractivity contribution in [3.8, 4) is 0 Å². The van der Waals surface area contributed by atoms with Gasteiger partial charge in [-0.05, 0) is 36.2 Å². The van der Waals surface area contributed by atoms with E-state index in [0.29, 0.717) is 16.1 Å². The Balaban J connectivity index is 2.49. The molecule has 0 aromatic heterocycles. The van der Waals surface area contributed by atoms with Crippen molar-refractivity contribution in [2.75, 3.05) is 0 Å². The van der Waals surface area contributed by atoms with Gasteiger partial charge >= 0.3 is 0 Å². The Morgan fingerprint density at radius 2 is 1.74 bits per heavy atom. The molecule has 1 atom stereocenters. The summed E-state index contributed by atoms with van der Waals surface area (Å²) in [6.07, 6.45) is 0. The first kappa shape index (κ1) is 14.9. The summed E-state index contributed by atoms with van der Waals surface area (Å²) in [6, 6.07) is 7.67. The van der Waals surface area contributed by atoms with Gasteiger partial charge < -0.3 is 0 Å². The lowest BCUT2D eigenvalue weighted by atomic mass is 10.0. The summed E-state index contributed by atoms with van der Waals surface area (Å²) >= 11 is 12.7. The molecule has 0 aliphatic heterocycles. The number of aryl methyl sites for hydroxylation is 1. The lowest BCUT2D eigenvalue weighted by Gasteiger charge is -2.15. The Kier molecular flexibility index (Phi) is 4.64. The molecule has 0 heterocycles. The molecular weight excluding hydrogens is 401 g/mol. The van der Waals surface area contributed by atoms with Crippen LogP contribution in [0.1, 0.15) is 21.5 Å². The summed E-state index contributed by atoms with van der Waals surface area (Å²) in [7, 11) is 0. The number of alkyl halides is 1. The van der Waals surface area contributed by atoms with Crippen LogP contribution in [0.15, 0.2) is 34.8 Å². The van der Waals surface area contributed by atoms with E-state index in [2.05, 4.69) is 31.9 Å². The van der Waals surface area contributed by atoms with Gasteiger partial charge in [0.2, 0.25) is 0 Å². The fourth-order valence-electron chi connectivity index (χ4n) is 1.75. The molecule has 0 radical (unpaired) electrons. The predicted octanol–water partition coefficient (Wildman–Crippen LogP) is 6.17. The molecule has 0 nitrogen and oxygen atoms in total. The van der Waals surface area contributed by atoms with E-state index in [4.69, 9.17) is 11.6 Å². The van der Waals surface area contributed by atoms with E-state index < -0.39 is 11.6 Å². The van der Waals surface area contributed by atoms with Gasteiger partial charge in [0.15, 0.2) is 0 Å². The molecule has 0 aliphatic carbocycles. The first-order chi connectivity index (χ1) is 8.90. The SMILES string of the molecule is Cc1cc(C(Br)c2ccc(Cl)cc2Br)c(F)cc1F. The van der Waals surface area contributed by atoms with Crippen molar-refractivity contribution in [2.45, 2.75) is 11.8 Å². The van der Waals surface area contributed by atoms with E-state index in [-0.39, 0.29) is 4.83 Å². The summed E-state index contributed by atoms with van der Waals surface area (Å²) < 4.78 is 27.9. The number of halogens is 5. The van der Waals surface area contributed by atoms with Gasteiger partial charge in [-0.25, -0.2) is 8.78 Å².